The molecule has 1 aromatic rings. The molecule has 0 saturated heterocycles. The number of carbonyl (C=O) groups is 1. The van der Waals surface area contributed by atoms with Crippen LogP contribution in [-0.2, 0) is 4.79 Å². The minimum atomic E-state index is 0.156. The molecule has 0 fully saturated rings. The van der Waals surface area contributed by atoms with Gasteiger partial charge in [-0.1, -0.05) is 30.3 Å². The molecule has 2 heteroatoms. The SMILES string of the molecule is O=C1C=C(c2ccccc2)S1. The molecular weight excluding hydrogens is 156 g/mol. The van der Waals surface area contributed by atoms with Gasteiger partial charge in [-0.15, -0.1) is 0 Å². The Labute approximate surface area is 69.1 Å². The fraction of sp³-hybridized carbons (Fsp3) is 0. The smallest absolute Gasteiger partial charge is 0.218 e. The lowest BCUT2D eigenvalue weighted by molar-refractivity contribution is -0.107. The maximum Gasteiger partial charge on any atom is 0.218 e. The monoisotopic (exact) mass is 162 g/mol. The molecule has 0 aliphatic carbocycles. The van der Waals surface area contributed by atoms with Gasteiger partial charge < -0.3 is 0 Å². The third kappa shape index (κ3) is 1.21. The Morgan fingerprint density at radius 1 is 1.09 bits per heavy atom. The zero-order valence-corrected chi connectivity index (χ0v) is 6.60. The Kier molecular flexibility index (Phi) is 1.55. The zero-order chi connectivity index (χ0) is 7.68. The lowest BCUT2D eigenvalue weighted by Gasteiger charge is -2.11. The molecule has 11 heavy (non-hydrogen) atoms. The van der Waals surface area contributed by atoms with Crippen molar-refractivity contribution in [1.82, 2.24) is 0 Å². The average Bonchev–Trinajstić information content (AvgIpc) is 2.01. The maximum atomic E-state index is 10.6. The first kappa shape index (κ1) is 6.68. The highest BCUT2D eigenvalue weighted by atomic mass is 32.2. The fourth-order valence-electron chi connectivity index (χ4n) is 0.961. The zero-order valence-electron chi connectivity index (χ0n) is 5.78. The standard InChI is InChI=1S/C9H6OS/c10-9-6-8(11-9)7-4-2-1-3-5-7/h1-6H. The highest BCUT2D eigenvalue weighted by Crippen LogP contribution is 2.36. The molecular formula is C9H6OS. The van der Waals surface area contributed by atoms with Crippen molar-refractivity contribution in [2.75, 3.05) is 0 Å². The van der Waals surface area contributed by atoms with Gasteiger partial charge in [0.05, 0.1) is 0 Å². The van der Waals surface area contributed by atoms with E-state index in [1.165, 1.54) is 11.8 Å². The molecule has 0 aromatic heterocycles. The minimum absolute atomic E-state index is 0.156. The van der Waals surface area contributed by atoms with Crippen LogP contribution in [0, 0.1) is 0 Å². The summed E-state index contributed by atoms with van der Waals surface area (Å²) in [7, 11) is 0. The average molecular weight is 162 g/mol. The van der Waals surface area contributed by atoms with E-state index < -0.39 is 0 Å². The molecule has 1 nitrogen and oxygen atoms in total. The molecule has 0 unspecified atom stereocenters. The normalized spacial score (nSPS) is 15.6. The minimum Gasteiger partial charge on any atom is -0.282 e. The van der Waals surface area contributed by atoms with E-state index >= 15 is 0 Å². The summed E-state index contributed by atoms with van der Waals surface area (Å²) in [5, 5.41) is 0.156. The Hall–Kier alpha value is -1.02. The van der Waals surface area contributed by atoms with Crippen LogP contribution in [0.5, 0.6) is 0 Å². The van der Waals surface area contributed by atoms with Gasteiger partial charge in [0.15, 0.2) is 0 Å². The van der Waals surface area contributed by atoms with Crippen LogP contribution < -0.4 is 0 Å². The van der Waals surface area contributed by atoms with Gasteiger partial charge in [0.25, 0.3) is 0 Å². The number of thioether (sulfide) groups is 1. The van der Waals surface area contributed by atoms with Crippen molar-refractivity contribution in [3.05, 3.63) is 42.0 Å². The van der Waals surface area contributed by atoms with E-state index in [1.54, 1.807) is 6.08 Å². The molecule has 1 aromatic carbocycles. The van der Waals surface area contributed by atoms with Gasteiger partial charge in [0, 0.05) is 11.0 Å². The molecule has 1 aliphatic rings. The van der Waals surface area contributed by atoms with E-state index in [4.69, 9.17) is 0 Å². The molecule has 2 rings (SSSR count). The number of carbonyl (C=O) groups excluding carboxylic acids is 1. The van der Waals surface area contributed by atoms with Crippen LogP contribution in [0.2, 0.25) is 0 Å². The third-order valence-electron chi connectivity index (χ3n) is 1.52. The van der Waals surface area contributed by atoms with E-state index in [1.807, 2.05) is 30.3 Å². The van der Waals surface area contributed by atoms with E-state index in [9.17, 15) is 4.79 Å². The second-order valence-corrected chi connectivity index (χ2v) is 3.34. The van der Waals surface area contributed by atoms with Crippen molar-refractivity contribution in [2.45, 2.75) is 0 Å². The van der Waals surface area contributed by atoms with Crippen molar-refractivity contribution in [1.29, 1.82) is 0 Å². The number of benzene rings is 1. The summed E-state index contributed by atoms with van der Waals surface area (Å²) in [6.45, 7) is 0. The number of rotatable bonds is 1. The van der Waals surface area contributed by atoms with Crippen molar-refractivity contribution in [2.24, 2.45) is 0 Å². The van der Waals surface area contributed by atoms with Crippen molar-refractivity contribution >= 4 is 21.8 Å². The molecule has 1 heterocycles. The fourth-order valence-corrected chi connectivity index (χ4v) is 1.59. The molecule has 0 N–H and O–H groups in total. The Bertz CT molecular complexity index is 314. The molecule has 54 valence electrons. The first-order chi connectivity index (χ1) is 5.36. The second-order valence-electron chi connectivity index (χ2n) is 2.30. The second kappa shape index (κ2) is 2.55. The molecule has 0 saturated carbocycles. The lowest BCUT2D eigenvalue weighted by Crippen LogP contribution is -1.98. The highest BCUT2D eigenvalue weighted by Gasteiger charge is 2.16. The number of hydrogen-bond donors (Lipinski definition) is 0. The predicted octanol–water partition coefficient (Wildman–Crippen LogP) is 2.30. The quantitative estimate of drug-likeness (QED) is 0.630. The molecule has 0 amide bonds. The van der Waals surface area contributed by atoms with Gasteiger partial charge in [-0.25, -0.2) is 0 Å². The third-order valence-corrected chi connectivity index (χ3v) is 2.41. The summed E-state index contributed by atoms with van der Waals surface area (Å²) >= 11 is 1.30. The topological polar surface area (TPSA) is 17.1 Å². The van der Waals surface area contributed by atoms with Crippen LogP contribution in [0.25, 0.3) is 4.91 Å². The van der Waals surface area contributed by atoms with Crippen LogP contribution in [0.3, 0.4) is 0 Å². The summed E-state index contributed by atoms with van der Waals surface area (Å²) in [6.07, 6.45) is 1.67. The van der Waals surface area contributed by atoms with Gasteiger partial charge in [-0.3, -0.25) is 4.79 Å². The van der Waals surface area contributed by atoms with Crippen LogP contribution >= 0.6 is 11.8 Å². The first-order valence-electron chi connectivity index (χ1n) is 3.35. The van der Waals surface area contributed by atoms with E-state index in [-0.39, 0.29) is 5.12 Å². The molecule has 1 aliphatic heterocycles. The first-order valence-corrected chi connectivity index (χ1v) is 4.17. The molecule has 0 bridgehead atoms. The van der Waals surface area contributed by atoms with Crippen LogP contribution in [0.4, 0.5) is 0 Å². The summed E-state index contributed by atoms with van der Waals surface area (Å²) in [6, 6.07) is 9.92. The Morgan fingerprint density at radius 2 is 1.73 bits per heavy atom. The van der Waals surface area contributed by atoms with Gasteiger partial charge in [-0.05, 0) is 17.3 Å². The van der Waals surface area contributed by atoms with Crippen molar-refractivity contribution in [3.8, 4) is 0 Å². The molecule has 0 radical (unpaired) electrons. The van der Waals surface area contributed by atoms with Crippen LogP contribution in [0.15, 0.2) is 36.4 Å². The van der Waals surface area contributed by atoms with Crippen LogP contribution in [0.1, 0.15) is 5.56 Å². The summed E-state index contributed by atoms with van der Waals surface area (Å²) in [5.74, 6) is 0. The summed E-state index contributed by atoms with van der Waals surface area (Å²) in [5.41, 5.74) is 1.14. The van der Waals surface area contributed by atoms with Crippen molar-refractivity contribution in [3.63, 3.8) is 0 Å². The summed E-state index contributed by atoms with van der Waals surface area (Å²) in [4.78, 5) is 11.6. The lowest BCUT2D eigenvalue weighted by atomic mass is 10.2. The highest BCUT2D eigenvalue weighted by molar-refractivity contribution is 8.24. The van der Waals surface area contributed by atoms with E-state index in [2.05, 4.69) is 0 Å². The largest absolute Gasteiger partial charge is 0.282 e. The molecule has 0 atom stereocenters. The van der Waals surface area contributed by atoms with Gasteiger partial charge >= 0.3 is 0 Å². The summed E-state index contributed by atoms with van der Waals surface area (Å²) < 4.78 is 0. The van der Waals surface area contributed by atoms with Gasteiger partial charge in [-0.2, -0.15) is 0 Å². The van der Waals surface area contributed by atoms with Crippen molar-refractivity contribution < 1.29 is 4.79 Å². The number of hydrogen-bond acceptors (Lipinski definition) is 2. The van der Waals surface area contributed by atoms with Gasteiger partial charge in [0.2, 0.25) is 5.12 Å². The van der Waals surface area contributed by atoms with E-state index in [0.29, 0.717) is 0 Å². The Morgan fingerprint density at radius 3 is 2.27 bits per heavy atom. The Balaban J connectivity index is 2.33. The van der Waals surface area contributed by atoms with Gasteiger partial charge in [0.1, 0.15) is 0 Å². The predicted molar refractivity (Wildman–Crippen MR) is 47.0 cm³/mol. The molecule has 0 spiro atoms. The maximum absolute atomic E-state index is 10.6. The van der Waals surface area contributed by atoms with Crippen LogP contribution in [-0.4, -0.2) is 5.12 Å². The van der Waals surface area contributed by atoms with E-state index in [0.717, 1.165) is 10.5 Å².